The van der Waals surface area contributed by atoms with E-state index in [1.807, 2.05) is 25.1 Å². The SMILES string of the molecule is CNC(=O)CNC(C)Cc1ccc(OC)c(OC)c1. The van der Waals surface area contributed by atoms with E-state index in [1.165, 1.54) is 0 Å². The summed E-state index contributed by atoms with van der Waals surface area (Å²) in [5, 5.41) is 5.74. The van der Waals surface area contributed by atoms with Crippen molar-refractivity contribution in [1.29, 1.82) is 0 Å². The number of carbonyl (C=O) groups is 1. The zero-order valence-corrected chi connectivity index (χ0v) is 11.9. The number of likely N-dealkylation sites (N-methyl/N-ethyl adjacent to an activating group) is 1. The highest BCUT2D eigenvalue weighted by Gasteiger charge is 2.08. The molecule has 2 N–H and O–H groups in total. The smallest absolute Gasteiger partial charge is 0.233 e. The van der Waals surface area contributed by atoms with Crippen LogP contribution in [0, 0.1) is 0 Å². The molecule has 1 unspecified atom stereocenters. The highest BCUT2D eigenvalue weighted by atomic mass is 16.5. The fourth-order valence-corrected chi connectivity index (χ4v) is 1.79. The lowest BCUT2D eigenvalue weighted by atomic mass is 10.1. The first-order valence-electron chi connectivity index (χ1n) is 6.25. The van der Waals surface area contributed by atoms with E-state index in [-0.39, 0.29) is 11.9 Å². The largest absolute Gasteiger partial charge is 0.493 e. The molecule has 0 spiro atoms. The summed E-state index contributed by atoms with van der Waals surface area (Å²) in [6.45, 7) is 2.37. The van der Waals surface area contributed by atoms with E-state index in [4.69, 9.17) is 9.47 Å². The minimum absolute atomic E-state index is 0.0147. The Kier molecular flexibility index (Phi) is 6.15. The molecular formula is C14H22N2O3. The van der Waals surface area contributed by atoms with Crippen molar-refractivity contribution in [3.63, 3.8) is 0 Å². The van der Waals surface area contributed by atoms with Gasteiger partial charge in [-0.15, -0.1) is 0 Å². The van der Waals surface area contributed by atoms with Crippen LogP contribution in [0.2, 0.25) is 0 Å². The molecule has 0 aromatic heterocycles. The maximum atomic E-state index is 11.1. The summed E-state index contributed by atoms with van der Waals surface area (Å²) in [6.07, 6.45) is 0.817. The molecular weight excluding hydrogens is 244 g/mol. The molecule has 1 amide bonds. The average molecular weight is 266 g/mol. The third-order valence-electron chi connectivity index (χ3n) is 2.88. The second-order valence-electron chi connectivity index (χ2n) is 4.35. The number of methoxy groups -OCH3 is 2. The van der Waals surface area contributed by atoms with Crippen LogP contribution in [0.25, 0.3) is 0 Å². The Morgan fingerprint density at radius 3 is 2.53 bits per heavy atom. The Balaban J connectivity index is 2.59. The van der Waals surface area contributed by atoms with E-state index in [9.17, 15) is 4.79 Å². The van der Waals surface area contributed by atoms with Crippen molar-refractivity contribution < 1.29 is 14.3 Å². The van der Waals surface area contributed by atoms with E-state index < -0.39 is 0 Å². The van der Waals surface area contributed by atoms with Gasteiger partial charge in [-0.25, -0.2) is 0 Å². The molecule has 106 valence electrons. The maximum Gasteiger partial charge on any atom is 0.233 e. The number of rotatable bonds is 7. The molecule has 0 aliphatic rings. The van der Waals surface area contributed by atoms with E-state index in [1.54, 1.807) is 21.3 Å². The molecule has 5 heteroatoms. The highest BCUT2D eigenvalue weighted by Crippen LogP contribution is 2.27. The second-order valence-corrected chi connectivity index (χ2v) is 4.35. The molecule has 0 saturated heterocycles. The van der Waals surface area contributed by atoms with Crippen molar-refractivity contribution >= 4 is 5.91 Å². The van der Waals surface area contributed by atoms with Crippen LogP contribution in [0.1, 0.15) is 12.5 Å². The molecule has 0 fully saturated rings. The van der Waals surface area contributed by atoms with Crippen LogP contribution in [0.3, 0.4) is 0 Å². The van der Waals surface area contributed by atoms with Crippen molar-refractivity contribution in [1.82, 2.24) is 10.6 Å². The van der Waals surface area contributed by atoms with Gasteiger partial charge in [0.1, 0.15) is 0 Å². The second kappa shape index (κ2) is 7.63. The first kappa shape index (κ1) is 15.3. The molecule has 0 aliphatic heterocycles. The Morgan fingerprint density at radius 1 is 1.26 bits per heavy atom. The summed E-state index contributed by atoms with van der Waals surface area (Å²) >= 11 is 0. The van der Waals surface area contributed by atoms with Gasteiger partial charge in [0.15, 0.2) is 11.5 Å². The third kappa shape index (κ3) is 4.79. The number of benzene rings is 1. The van der Waals surface area contributed by atoms with Crippen LogP contribution in [-0.4, -0.2) is 39.8 Å². The van der Waals surface area contributed by atoms with Gasteiger partial charge < -0.3 is 20.1 Å². The fraction of sp³-hybridized carbons (Fsp3) is 0.500. The Labute approximate surface area is 114 Å². The predicted octanol–water partition coefficient (Wildman–Crippen LogP) is 0.970. The molecule has 0 radical (unpaired) electrons. The van der Waals surface area contributed by atoms with Crippen LogP contribution in [-0.2, 0) is 11.2 Å². The minimum atomic E-state index is -0.0147. The van der Waals surface area contributed by atoms with Crippen molar-refractivity contribution in [2.75, 3.05) is 27.8 Å². The summed E-state index contributed by atoms with van der Waals surface area (Å²) in [6, 6.07) is 6.05. The van der Waals surface area contributed by atoms with E-state index in [0.717, 1.165) is 23.5 Å². The molecule has 0 bridgehead atoms. The molecule has 0 heterocycles. The van der Waals surface area contributed by atoms with Gasteiger partial charge in [-0.05, 0) is 31.0 Å². The average Bonchev–Trinajstić information content (AvgIpc) is 2.44. The number of amides is 1. The summed E-state index contributed by atoms with van der Waals surface area (Å²) < 4.78 is 10.5. The van der Waals surface area contributed by atoms with E-state index >= 15 is 0 Å². The number of ether oxygens (including phenoxy) is 2. The summed E-state index contributed by atoms with van der Waals surface area (Å²) in [7, 11) is 4.86. The van der Waals surface area contributed by atoms with E-state index in [2.05, 4.69) is 10.6 Å². The van der Waals surface area contributed by atoms with Crippen molar-refractivity contribution in [3.05, 3.63) is 23.8 Å². The number of hydrogen-bond donors (Lipinski definition) is 2. The lowest BCUT2D eigenvalue weighted by Gasteiger charge is -2.15. The molecule has 1 aromatic rings. The minimum Gasteiger partial charge on any atom is -0.493 e. The van der Waals surface area contributed by atoms with Crippen LogP contribution in [0.5, 0.6) is 11.5 Å². The van der Waals surface area contributed by atoms with Crippen LogP contribution in [0.15, 0.2) is 18.2 Å². The predicted molar refractivity (Wildman–Crippen MR) is 74.8 cm³/mol. The fourth-order valence-electron chi connectivity index (χ4n) is 1.79. The van der Waals surface area contributed by atoms with Crippen LogP contribution < -0.4 is 20.1 Å². The normalized spacial score (nSPS) is 11.8. The Bertz CT molecular complexity index is 421. The van der Waals surface area contributed by atoms with Crippen LogP contribution >= 0.6 is 0 Å². The molecule has 1 rings (SSSR count). The van der Waals surface area contributed by atoms with Crippen molar-refractivity contribution in [2.24, 2.45) is 0 Å². The number of carbonyl (C=O) groups excluding carboxylic acids is 1. The third-order valence-corrected chi connectivity index (χ3v) is 2.88. The van der Waals surface area contributed by atoms with E-state index in [0.29, 0.717) is 6.54 Å². The molecule has 19 heavy (non-hydrogen) atoms. The summed E-state index contributed by atoms with van der Waals surface area (Å²) in [5.74, 6) is 1.43. The van der Waals surface area contributed by atoms with Gasteiger partial charge in [-0.1, -0.05) is 6.07 Å². The lowest BCUT2D eigenvalue weighted by molar-refractivity contribution is -0.119. The highest BCUT2D eigenvalue weighted by molar-refractivity contribution is 5.77. The van der Waals surface area contributed by atoms with Gasteiger partial charge in [0.05, 0.1) is 20.8 Å². The Morgan fingerprint density at radius 2 is 1.95 bits per heavy atom. The number of hydrogen-bond acceptors (Lipinski definition) is 4. The molecule has 1 aromatic carbocycles. The van der Waals surface area contributed by atoms with Gasteiger partial charge in [0.2, 0.25) is 5.91 Å². The van der Waals surface area contributed by atoms with Gasteiger partial charge in [-0.3, -0.25) is 4.79 Å². The summed E-state index contributed by atoms with van der Waals surface area (Å²) in [5.41, 5.74) is 1.13. The molecule has 5 nitrogen and oxygen atoms in total. The zero-order valence-electron chi connectivity index (χ0n) is 11.9. The van der Waals surface area contributed by atoms with Gasteiger partial charge in [0, 0.05) is 13.1 Å². The van der Waals surface area contributed by atoms with Crippen molar-refractivity contribution in [2.45, 2.75) is 19.4 Å². The van der Waals surface area contributed by atoms with Gasteiger partial charge in [0.25, 0.3) is 0 Å². The topological polar surface area (TPSA) is 59.6 Å². The van der Waals surface area contributed by atoms with Crippen molar-refractivity contribution in [3.8, 4) is 11.5 Å². The standard InChI is InChI=1S/C14H22N2O3/c1-10(16-9-14(17)15-2)7-11-5-6-12(18-3)13(8-11)19-4/h5-6,8,10,16H,7,9H2,1-4H3,(H,15,17). The van der Waals surface area contributed by atoms with Gasteiger partial charge >= 0.3 is 0 Å². The first-order valence-corrected chi connectivity index (χ1v) is 6.25. The molecule has 0 saturated carbocycles. The molecule has 0 aliphatic carbocycles. The quantitative estimate of drug-likeness (QED) is 0.772. The summed E-state index contributed by atoms with van der Waals surface area (Å²) in [4.78, 5) is 11.1. The van der Waals surface area contributed by atoms with Gasteiger partial charge in [-0.2, -0.15) is 0 Å². The lowest BCUT2D eigenvalue weighted by Crippen LogP contribution is -2.37. The Hall–Kier alpha value is -1.75. The zero-order chi connectivity index (χ0) is 14.3. The monoisotopic (exact) mass is 266 g/mol. The van der Waals surface area contributed by atoms with Crippen LogP contribution in [0.4, 0.5) is 0 Å². The molecule has 1 atom stereocenters. The number of nitrogens with one attached hydrogen (secondary N) is 2. The first-order chi connectivity index (χ1) is 9.10. The maximum absolute atomic E-state index is 11.1.